The molecule has 0 saturated carbocycles. The Labute approximate surface area is 146 Å². The predicted octanol–water partition coefficient (Wildman–Crippen LogP) is 2.43. The molecule has 0 fully saturated rings. The molecular formula is C19H20N4O2. The van der Waals surface area contributed by atoms with Gasteiger partial charge in [-0.05, 0) is 49.6 Å². The number of aryl methyl sites for hydroxylation is 1. The van der Waals surface area contributed by atoms with Crippen LogP contribution in [0.5, 0.6) is 0 Å². The van der Waals surface area contributed by atoms with E-state index in [1.54, 1.807) is 29.6 Å². The van der Waals surface area contributed by atoms with Gasteiger partial charge in [0.2, 0.25) is 5.91 Å². The van der Waals surface area contributed by atoms with Crippen LogP contribution in [0.15, 0.2) is 49.4 Å². The molecule has 0 saturated heterocycles. The molecule has 0 unspecified atom stereocenters. The number of aromatic nitrogens is 2. The topological polar surface area (TPSA) is 75.2 Å². The molecular weight excluding hydrogens is 316 g/mol. The Kier molecular flexibility index (Phi) is 4.88. The third kappa shape index (κ3) is 3.57. The number of carbonyl (C=O) groups is 2. The molecule has 0 aliphatic carbocycles. The zero-order chi connectivity index (χ0) is 17.8. The summed E-state index contributed by atoms with van der Waals surface area (Å²) in [6, 6.07) is 5.19. The van der Waals surface area contributed by atoms with Gasteiger partial charge in [0.15, 0.2) is 0 Å². The molecule has 128 valence electrons. The minimum atomic E-state index is -0.240. The number of benzene rings is 1. The molecule has 6 nitrogen and oxygen atoms in total. The van der Waals surface area contributed by atoms with Crippen molar-refractivity contribution >= 4 is 17.5 Å². The van der Waals surface area contributed by atoms with Gasteiger partial charge in [0.1, 0.15) is 0 Å². The van der Waals surface area contributed by atoms with Gasteiger partial charge in [-0.2, -0.15) is 0 Å². The fraction of sp³-hybridized carbons (Fsp3) is 0.263. The Morgan fingerprint density at radius 3 is 2.92 bits per heavy atom. The van der Waals surface area contributed by atoms with Crippen LogP contribution in [0.3, 0.4) is 0 Å². The average Bonchev–Trinajstić information content (AvgIpc) is 2.67. The number of hydrogen-bond donors (Lipinski definition) is 1. The SMILES string of the molecule is C=CC(=O)N1CCCc2cc(C(=O)N[C@H](C)c3cnccn3)ccc21. The summed E-state index contributed by atoms with van der Waals surface area (Å²) in [5.74, 6) is -0.289. The minimum absolute atomic E-state index is 0.116. The molecule has 1 N–H and O–H groups in total. The smallest absolute Gasteiger partial charge is 0.251 e. The third-order valence-electron chi connectivity index (χ3n) is 4.28. The maximum absolute atomic E-state index is 12.5. The van der Waals surface area contributed by atoms with Gasteiger partial charge in [0.05, 0.1) is 17.9 Å². The van der Waals surface area contributed by atoms with Crippen molar-refractivity contribution in [3.63, 3.8) is 0 Å². The maximum Gasteiger partial charge on any atom is 0.251 e. The lowest BCUT2D eigenvalue weighted by atomic mass is 9.98. The lowest BCUT2D eigenvalue weighted by Gasteiger charge is -2.29. The highest BCUT2D eigenvalue weighted by Crippen LogP contribution is 2.28. The van der Waals surface area contributed by atoms with Gasteiger partial charge in [0, 0.05) is 30.2 Å². The molecule has 6 heteroatoms. The van der Waals surface area contributed by atoms with Gasteiger partial charge < -0.3 is 10.2 Å². The van der Waals surface area contributed by atoms with Gasteiger partial charge in [0.25, 0.3) is 5.91 Å². The van der Waals surface area contributed by atoms with E-state index >= 15 is 0 Å². The minimum Gasteiger partial charge on any atom is -0.344 e. The van der Waals surface area contributed by atoms with E-state index in [-0.39, 0.29) is 17.9 Å². The first-order valence-electron chi connectivity index (χ1n) is 8.24. The summed E-state index contributed by atoms with van der Waals surface area (Å²) in [5.41, 5.74) is 3.13. The van der Waals surface area contributed by atoms with Crippen LogP contribution in [0.1, 0.15) is 41.0 Å². The van der Waals surface area contributed by atoms with E-state index < -0.39 is 0 Å². The monoisotopic (exact) mass is 336 g/mol. The molecule has 1 aliphatic rings. The zero-order valence-corrected chi connectivity index (χ0v) is 14.1. The van der Waals surface area contributed by atoms with Crippen molar-refractivity contribution < 1.29 is 9.59 Å². The molecule has 2 heterocycles. The van der Waals surface area contributed by atoms with Crippen molar-refractivity contribution in [3.05, 3.63) is 66.3 Å². The second-order valence-corrected chi connectivity index (χ2v) is 5.97. The van der Waals surface area contributed by atoms with Crippen LogP contribution in [0, 0.1) is 0 Å². The quantitative estimate of drug-likeness (QED) is 0.870. The summed E-state index contributed by atoms with van der Waals surface area (Å²) in [7, 11) is 0. The highest BCUT2D eigenvalue weighted by molar-refractivity contribution is 6.02. The molecule has 25 heavy (non-hydrogen) atoms. The van der Waals surface area contributed by atoms with Gasteiger partial charge in [-0.1, -0.05) is 6.58 Å². The van der Waals surface area contributed by atoms with E-state index in [4.69, 9.17) is 0 Å². The predicted molar refractivity (Wildman–Crippen MR) is 95.2 cm³/mol. The summed E-state index contributed by atoms with van der Waals surface area (Å²) < 4.78 is 0. The van der Waals surface area contributed by atoms with Crippen LogP contribution in [-0.2, 0) is 11.2 Å². The van der Waals surface area contributed by atoms with Crippen LogP contribution in [0.25, 0.3) is 0 Å². The number of anilines is 1. The Bertz CT molecular complexity index is 804. The van der Waals surface area contributed by atoms with E-state index in [1.807, 2.05) is 19.1 Å². The molecule has 1 aliphatic heterocycles. The second-order valence-electron chi connectivity index (χ2n) is 5.97. The van der Waals surface area contributed by atoms with Crippen molar-refractivity contribution in [3.8, 4) is 0 Å². The number of nitrogens with one attached hydrogen (secondary N) is 1. The highest BCUT2D eigenvalue weighted by atomic mass is 16.2. The zero-order valence-electron chi connectivity index (χ0n) is 14.1. The van der Waals surface area contributed by atoms with Gasteiger partial charge in [-0.15, -0.1) is 0 Å². The van der Waals surface area contributed by atoms with Crippen molar-refractivity contribution in [2.24, 2.45) is 0 Å². The van der Waals surface area contributed by atoms with E-state index in [2.05, 4.69) is 21.9 Å². The molecule has 2 aromatic rings. The number of carbonyl (C=O) groups excluding carboxylic acids is 2. The van der Waals surface area contributed by atoms with Crippen LogP contribution < -0.4 is 10.2 Å². The summed E-state index contributed by atoms with van der Waals surface area (Å²) in [5, 5.41) is 2.93. The van der Waals surface area contributed by atoms with E-state index in [9.17, 15) is 9.59 Å². The Morgan fingerprint density at radius 2 is 2.20 bits per heavy atom. The molecule has 1 aromatic heterocycles. The number of rotatable bonds is 4. The molecule has 1 aromatic carbocycles. The Hall–Kier alpha value is -3.02. The van der Waals surface area contributed by atoms with E-state index in [0.29, 0.717) is 17.8 Å². The van der Waals surface area contributed by atoms with Crippen LogP contribution in [-0.4, -0.2) is 28.3 Å². The number of nitrogens with zero attached hydrogens (tertiary/aromatic N) is 3. The van der Waals surface area contributed by atoms with Crippen LogP contribution >= 0.6 is 0 Å². The lowest BCUT2D eigenvalue weighted by Crippen LogP contribution is -2.34. The van der Waals surface area contributed by atoms with Crippen molar-refractivity contribution in [1.82, 2.24) is 15.3 Å². The van der Waals surface area contributed by atoms with Crippen molar-refractivity contribution in [2.75, 3.05) is 11.4 Å². The summed E-state index contributed by atoms with van der Waals surface area (Å²) in [6.07, 6.45) is 7.86. The van der Waals surface area contributed by atoms with Crippen LogP contribution in [0.4, 0.5) is 5.69 Å². The molecule has 3 rings (SSSR count). The van der Waals surface area contributed by atoms with Crippen molar-refractivity contribution in [2.45, 2.75) is 25.8 Å². The largest absolute Gasteiger partial charge is 0.344 e. The molecule has 0 bridgehead atoms. The fourth-order valence-electron chi connectivity index (χ4n) is 2.97. The summed E-state index contributed by atoms with van der Waals surface area (Å²) >= 11 is 0. The number of hydrogen-bond acceptors (Lipinski definition) is 4. The standard InChI is InChI=1S/C19H20N4O2/c1-3-18(24)23-10-4-5-14-11-15(6-7-17(14)23)19(25)22-13(2)16-12-20-8-9-21-16/h3,6-9,11-13H,1,4-5,10H2,2H3,(H,22,25)/t13-/m1/s1. The number of amides is 2. The van der Waals surface area contributed by atoms with Crippen LogP contribution in [0.2, 0.25) is 0 Å². The van der Waals surface area contributed by atoms with Crippen molar-refractivity contribution in [1.29, 1.82) is 0 Å². The second kappa shape index (κ2) is 7.25. The first-order valence-corrected chi connectivity index (χ1v) is 8.24. The normalized spacial score (nSPS) is 14.4. The molecule has 1 atom stereocenters. The number of fused-ring (bicyclic) bond motifs is 1. The third-order valence-corrected chi connectivity index (χ3v) is 4.28. The van der Waals surface area contributed by atoms with E-state index in [0.717, 1.165) is 24.1 Å². The Morgan fingerprint density at radius 1 is 1.36 bits per heavy atom. The van der Waals surface area contributed by atoms with Gasteiger partial charge in [-0.3, -0.25) is 19.6 Å². The maximum atomic E-state index is 12.5. The Balaban J connectivity index is 1.78. The lowest BCUT2D eigenvalue weighted by molar-refractivity contribution is -0.114. The fourth-order valence-corrected chi connectivity index (χ4v) is 2.97. The average molecular weight is 336 g/mol. The van der Waals surface area contributed by atoms with Gasteiger partial charge in [-0.25, -0.2) is 0 Å². The first-order chi connectivity index (χ1) is 12.1. The molecule has 0 spiro atoms. The summed E-state index contributed by atoms with van der Waals surface area (Å²) in [6.45, 7) is 6.09. The van der Waals surface area contributed by atoms with Gasteiger partial charge >= 0.3 is 0 Å². The molecule has 0 radical (unpaired) electrons. The summed E-state index contributed by atoms with van der Waals surface area (Å²) in [4.78, 5) is 34.4. The molecule has 2 amide bonds. The van der Waals surface area contributed by atoms with E-state index in [1.165, 1.54) is 6.08 Å². The first kappa shape index (κ1) is 16.8. The highest BCUT2D eigenvalue weighted by Gasteiger charge is 2.22.